The smallest absolute Gasteiger partial charge is 0.410 e. The predicted octanol–water partition coefficient (Wildman–Crippen LogP) is 5.46. The van der Waals surface area contributed by atoms with Gasteiger partial charge in [0.25, 0.3) is 0 Å². The summed E-state index contributed by atoms with van der Waals surface area (Å²) in [6, 6.07) is 3.36. The van der Waals surface area contributed by atoms with E-state index in [9.17, 15) is 9.18 Å². The first kappa shape index (κ1) is 26.9. The summed E-state index contributed by atoms with van der Waals surface area (Å²) in [6.07, 6.45) is 2.82. The van der Waals surface area contributed by atoms with Crippen LogP contribution in [0.3, 0.4) is 0 Å². The number of fused-ring (bicyclic) bond motifs is 4. The largest absolute Gasteiger partial charge is 0.461 e. The number of carbonyl (C=O) groups excluding carboxylic acids is 1. The van der Waals surface area contributed by atoms with Crippen molar-refractivity contribution in [1.82, 2.24) is 19.8 Å². The number of aromatic nitrogens is 2. The van der Waals surface area contributed by atoms with Crippen molar-refractivity contribution < 1.29 is 23.0 Å². The number of piperazine rings is 1. The highest BCUT2D eigenvalue weighted by molar-refractivity contribution is 9.10. The molecule has 8 nitrogen and oxygen atoms in total. The summed E-state index contributed by atoms with van der Waals surface area (Å²) < 4.78 is 42.2. The zero-order valence-electron chi connectivity index (χ0n) is 22.9. The Morgan fingerprint density at radius 2 is 1.92 bits per heavy atom. The second kappa shape index (κ2) is 9.68. The van der Waals surface area contributed by atoms with E-state index in [4.69, 9.17) is 14.5 Å². The standard InChI is InChI=1S/C28H36BrF2N5O3/c1-16-21(30)12-28(10-5-11-35(16)28)15-38-25-32-23-19(8-9-20(29)22(23)31)24(33-25)34-13-17-6-7-18(14-34)36(17)26(37)39-27(2,3)4/h8-9,16-18,21H,5-7,10-15H2,1-4H3/t16-,17?,18?,21+,28-/m0/s1. The molecular formula is C28H36BrF2N5O3. The highest BCUT2D eigenvalue weighted by atomic mass is 79.9. The maximum absolute atomic E-state index is 15.3. The summed E-state index contributed by atoms with van der Waals surface area (Å²) in [6.45, 7) is 9.75. The second-order valence-corrected chi connectivity index (χ2v) is 13.4. The average molecular weight is 609 g/mol. The average Bonchev–Trinajstić information content (AvgIpc) is 3.48. The van der Waals surface area contributed by atoms with Gasteiger partial charge in [-0.1, -0.05) is 0 Å². The molecule has 2 aromatic rings. The van der Waals surface area contributed by atoms with Crippen molar-refractivity contribution in [3.63, 3.8) is 0 Å². The molecule has 6 rings (SSSR count). The number of hydrogen-bond donors (Lipinski definition) is 0. The SMILES string of the molecule is C[C@H]1[C@H](F)C[C@]2(COc3nc(N4CC5CCC(C4)N5C(=O)OC(C)(C)C)c4ccc(Br)c(F)c4n3)CCCN12. The van der Waals surface area contributed by atoms with Crippen molar-refractivity contribution in [3.05, 3.63) is 22.4 Å². The predicted molar refractivity (Wildman–Crippen MR) is 147 cm³/mol. The molecule has 1 aromatic carbocycles. The summed E-state index contributed by atoms with van der Waals surface area (Å²) in [5, 5.41) is 0.590. The molecule has 0 saturated carbocycles. The van der Waals surface area contributed by atoms with Gasteiger partial charge in [-0.15, -0.1) is 0 Å². The van der Waals surface area contributed by atoms with E-state index in [-0.39, 0.29) is 47.9 Å². The number of carbonyl (C=O) groups is 1. The lowest BCUT2D eigenvalue weighted by Gasteiger charge is -2.42. The Kier molecular flexibility index (Phi) is 6.68. The van der Waals surface area contributed by atoms with Crippen LogP contribution in [-0.2, 0) is 4.74 Å². The number of nitrogens with zero attached hydrogens (tertiary/aromatic N) is 5. The fraction of sp³-hybridized carbons (Fsp3) is 0.679. The van der Waals surface area contributed by atoms with E-state index < -0.39 is 17.6 Å². The molecule has 2 bridgehead atoms. The van der Waals surface area contributed by atoms with E-state index in [0.717, 1.165) is 32.2 Å². The lowest BCUT2D eigenvalue weighted by Crippen LogP contribution is -2.57. The fourth-order valence-electron chi connectivity index (χ4n) is 7.05. The van der Waals surface area contributed by atoms with Crippen LogP contribution >= 0.6 is 15.9 Å². The van der Waals surface area contributed by atoms with Crippen LogP contribution in [0.4, 0.5) is 19.4 Å². The molecule has 0 radical (unpaired) electrons. The van der Waals surface area contributed by atoms with E-state index in [2.05, 4.69) is 30.7 Å². The highest BCUT2D eigenvalue weighted by Gasteiger charge is 2.53. The number of halogens is 3. The molecular weight excluding hydrogens is 572 g/mol. The Balaban J connectivity index is 1.30. The van der Waals surface area contributed by atoms with Gasteiger partial charge in [-0.25, -0.2) is 13.6 Å². The maximum atomic E-state index is 15.3. The molecule has 4 aliphatic heterocycles. The van der Waals surface area contributed by atoms with Gasteiger partial charge in [0, 0.05) is 30.9 Å². The van der Waals surface area contributed by atoms with E-state index >= 15 is 4.39 Å². The molecule has 11 heteroatoms. The van der Waals surface area contributed by atoms with Gasteiger partial charge in [-0.3, -0.25) is 9.80 Å². The molecule has 4 fully saturated rings. The van der Waals surface area contributed by atoms with Crippen LogP contribution in [0.15, 0.2) is 16.6 Å². The first-order valence-corrected chi connectivity index (χ1v) is 14.7. The van der Waals surface area contributed by atoms with Crippen LogP contribution in [-0.4, -0.2) is 87.5 Å². The van der Waals surface area contributed by atoms with Crippen molar-refractivity contribution in [1.29, 1.82) is 0 Å². The van der Waals surface area contributed by atoms with Crippen LogP contribution in [0, 0.1) is 5.82 Å². The van der Waals surface area contributed by atoms with E-state index in [0.29, 0.717) is 35.2 Å². The van der Waals surface area contributed by atoms with Crippen LogP contribution in [0.1, 0.15) is 59.8 Å². The lowest BCUT2D eigenvalue weighted by atomic mass is 9.94. The highest BCUT2D eigenvalue weighted by Crippen LogP contribution is 2.44. The van der Waals surface area contributed by atoms with Crippen molar-refractivity contribution >= 4 is 38.7 Å². The molecule has 212 valence electrons. The summed E-state index contributed by atoms with van der Waals surface area (Å²) >= 11 is 3.28. The Morgan fingerprint density at radius 1 is 1.21 bits per heavy atom. The number of benzene rings is 1. The van der Waals surface area contributed by atoms with E-state index in [1.807, 2.05) is 38.7 Å². The van der Waals surface area contributed by atoms with Gasteiger partial charge in [0.15, 0.2) is 5.82 Å². The maximum Gasteiger partial charge on any atom is 0.410 e. The molecule has 5 heterocycles. The second-order valence-electron chi connectivity index (χ2n) is 12.5. The van der Waals surface area contributed by atoms with Gasteiger partial charge in [-0.05, 0) is 88.0 Å². The molecule has 1 amide bonds. The zero-order chi connectivity index (χ0) is 27.7. The number of rotatable bonds is 4. The third-order valence-corrected chi connectivity index (χ3v) is 9.43. The molecule has 1 aromatic heterocycles. The number of anilines is 1. The first-order valence-electron chi connectivity index (χ1n) is 13.9. The third kappa shape index (κ3) is 4.73. The van der Waals surface area contributed by atoms with Crippen LogP contribution < -0.4 is 9.64 Å². The van der Waals surface area contributed by atoms with Crippen molar-refractivity contribution in [3.8, 4) is 6.01 Å². The van der Waals surface area contributed by atoms with Gasteiger partial charge in [0.2, 0.25) is 0 Å². The number of alkyl halides is 1. The van der Waals surface area contributed by atoms with Gasteiger partial charge in [0.1, 0.15) is 29.7 Å². The van der Waals surface area contributed by atoms with Gasteiger partial charge < -0.3 is 14.4 Å². The molecule has 0 spiro atoms. The summed E-state index contributed by atoms with van der Waals surface area (Å²) in [5.41, 5.74) is -0.776. The van der Waals surface area contributed by atoms with Crippen LogP contribution in [0.5, 0.6) is 6.01 Å². The monoisotopic (exact) mass is 607 g/mol. The van der Waals surface area contributed by atoms with Gasteiger partial charge >= 0.3 is 12.1 Å². The van der Waals surface area contributed by atoms with Crippen molar-refractivity contribution in [2.45, 2.75) is 95.2 Å². The van der Waals surface area contributed by atoms with Crippen LogP contribution in [0.2, 0.25) is 0 Å². The quantitative estimate of drug-likeness (QED) is 0.457. The van der Waals surface area contributed by atoms with Gasteiger partial charge in [-0.2, -0.15) is 9.97 Å². The molecule has 2 unspecified atom stereocenters. The third-order valence-electron chi connectivity index (χ3n) is 8.82. The van der Waals surface area contributed by atoms with Crippen LogP contribution in [0.25, 0.3) is 10.9 Å². The number of ether oxygens (including phenoxy) is 2. The Bertz CT molecular complexity index is 1280. The van der Waals surface area contributed by atoms with Gasteiger partial charge in [0.05, 0.1) is 22.1 Å². The molecule has 0 aliphatic carbocycles. The lowest BCUT2D eigenvalue weighted by molar-refractivity contribution is 0.0122. The van der Waals surface area contributed by atoms with E-state index in [1.54, 1.807) is 6.07 Å². The summed E-state index contributed by atoms with van der Waals surface area (Å²) in [5.74, 6) is 0.112. The Hall–Kier alpha value is -2.27. The Labute approximate surface area is 236 Å². The fourth-order valence-corrected chi connectivity index (χ4v) is 7.37. The summed E-state index contributed by atoms with van der Waals surface area (Å²) in [7, 11) is 0. The first-order chi connectivity index (χ1) is 18.5. The minimum absolute atomic E-state index is 0.0271. The number of hydrogen-bond acceptors (Lipinski definition) is 7. The number of amides is 1. The summed E-state index contributed by atoms with van der Waals surface area (Å²) in [4.78, 5) is 28.4. The molecule has 39 heavy (non-hydrogen) atoms. The zero-order valence-corrected chi connectivity index (χ0v) is 24.5. The van der Waals surface area contributed by atoms with Crippen molar-refractivity contribution in [2.24, 2.45) is 0 Å². The Morgan fingerprint density at radius 3 is 2.62 bits per heavy atom. The van der Waals surface area contributed by atoms with E-state index in [1.165, 1.54) is 0 Å². The van der Waals surface area contributed by atoms with Crippen molar-refractivity contribution in [2.75, 3.05) is 31.1 Å². The molecule has 0 N–H and O–H groups in total. The topological polar surface area (TPSA) is 71.0 Å². The molecule has 4 saturated heterocycles. The molecule has 4 aliphatic rings. The minimum atomic E-state index is -0.896. The molecule has 5 atom stereocenters. The minimum Gasteiger partial charge on any atom is -0.461 e. The normalized spacial score (nSPS) is 30.7.